The summed E-state index contributed by atoms with van der Waals surface area (Å²) in [6.07, 6.45) is 9.79. The number of thiol groups is 1. The van der Waals surface area contributed by atoms with Crippen molar-refractivity contribution < 1.29 is 9.13 Å². The highest BCUT2D eigenvalue weighted by Gasteiger charge is 2.10. The topological polar surface area (TPSA) is 34.0 Å². The Morgan fingerprint density at radius 1 is 0.821 bits per heavy atom. The summed E-state index contributed by atoms with van der Waals surface area (Å²) >= 11 is 4.33. The van der Waals surface area contributed by atoms with Gasteiger partial charge >= 0.3 is 0 Å². The minimum Gasteiger partial charge on any atom is -0.490 e. The third-order valence-electron chi connectivity index (χ3n) is 4.56. The predicted molar refractivity (Wildman–Crippen MR) is 118 cm³/mol. The van der Waals surface area contributed by atoms with Gasteiger partial charge in [-0.15, -0.1) is 0 Å². The van der Waals surface area contributed by atoms with Crippen LogP contribution in [0, 0.1) is 5.82 Å². The van der Waals surface area contributed by atoms with Crippen LogP contribution in [0.15, 0.2) is 58.8 Å². The van der Waals surface area contributed by atoms with Gasteiger partial charge in [-0.1, -0.05) is 32.6 Å². The van der Waals surface area contributed by atoms with Gasteiger partial charge in [0.25, 0.3) is 0 Å². The molecular formula is C23H31FN2OS. The van der Waals surface area contributed by atoms with E-state index >= 15 is 0 Å². The highest BCUT2D eigenvalue weighted by molar-refractivity contribution is 7.80. The monoisotopic (exact) mass is 402 g/mol. The molecule has 2 rings (SSSR count). The molecule has 3 nitrogen and oxygen atoms in total. The zero-order valence-corrected chi connectivity index (χ0v) is 17.6. The first kappa shape index (κ1) is 22.4. The molecule has 152 valence electrons. The van der Waals surface area contributed by atoms with Crippen molar-refractivity contribution in [3.05, 3.63) is 54.3 Å². The van der Waals surface area contributed by atoms with Gasteiger partial charge in [0, 0.05) is 0 Å². The summed E-state index contributed by atoms with van der Waals surface area (Å²) in [6, 6.07) is 13.6. The van der Waals surface area contributed by atoms with E-state index in [2.05, 4.69) is 29.8 Å². The summed E-state index contributed by atoms with van der Waals surface area (Å²) < 4.78 is 19.1. The molecule has 1 atom stereocenters. The Morgan fingerprint density at radius 3 is 2.00 bits per heavy atom. The molecule has 0 aromatic heterocycles. The molecule has 0 fully saturated rings. The lowest BCUT2D eigenvalue weighted by molar-refractivity contribution is 0.176. The van der Waals surface area contributed by atoms with Crippen LogP contribution < -0.4 is 4.74 Å². The molecular weight excluding hydrogens is 371 g/mol. The van der Waals surface area contributed by atoms with E-state index in [0.717, 1.165) is 36.5 Å². The SMILES string of the molecule is CCCCCCCC(CCCS)Oc1ccc(N=Nc2ccc(F)cc2)cc1. The van der Waals surface area contributed by atoms with Gasteiger partial charge in [-0.3, -0.25) is 0 Å². The van der Waals surface area contributed by atoms with E-state index in [-0.39, 0.29) is 11.9 Å². The van der Waals surface area contributed by atoms with E-state index < -0.39 is 0 Å². The van der Waals surface area contributed by atoms with Gasteiger partial charge in [0.2, 0.25) is 0 Å². The van der Waals surface area contributed by atoms with Gasteiger partial charge in [-0.25, -0.2) is 4.39 Å². The normalized spacial score (nSPS) is 12.4. The molecule has 0 bridgehead atoms. The van der Waals surface area contributed by atoms with Crippen LogP contribution in [0.2, 0.25) is 0 Å². The zero-order valence-electron chi connectivity index (χ0n) is 16.7. The third kappa shape index (κ3) is 8.87. The summed E-state index contributed by atoms with van der Waals surface area (Å²) in [6.45, 7) is 2.24. The number of unbranched alkanes of at least 4 members (excludes halogenated alkanes) is 4. The minimum absolute atomic E-state index is 0.237. The highest BCUT2D eigenvalue weighted by atomic mass is 32.1. The van der Waals surface area contributed by atoms with Crippen LogP contribution in [-0.2, 0) is 0 Å². The second-order valence-electron chi connectivity index (χ2n) is 6.98. The molecule has 2 aromatic carbocycles. The average molecular weight is 403 g/mol. The van der Waals surface area contributed by atoms with Gasteiger partial charge in [-0.2, -0.15) is 22.9 Å². The van der Waals surface area contributed by atoms with Crippen LogP contribution in [-0.4, -0.2) is 11.9 Å². The third-order valence-corrected chi connectivity index (χ3v) is 4.88. The number of hydrogen-bond acceptors (Lipinski definition) is 4. The van der Waals surface area contributed by atoms with Gasteiger partial charge in [-0.05, 0) is 80.0 Å². The first-order valence-corrected chi connectivity index (χ1v) is 10.9. The van der Waals surface area contributed by atoms with Crippen molar-refractivity contribution in [2.24, 2.45) is 10.2 Å². The number of rotatable bonds is 13. The minimum atomic E-state index is -0.279. The number of hydrogen-bond donors (Lipinski definition) is 1. The molecule has 0 aliphatic heterocycles. The van der Waals surface area contributed by atoms with E-state index in [1.807, 2.05) is 24.3 Å². The summed E-state index contributed by atoms with van der Waals surface area (Å²) in [7, 11) is 0. The maximum atomic E-state index is 12.9. The van der Waals surface area contributed by atoms with Crippen LogP contribution in [0.25, 0.3) is 0 Å². The Morgan fingerprint density at radius 2 is 1.39 bits per heavy atom. The average Bonchev–Trinajstić information content (AvgIpc) is 2.72. The van der Waals surface area contributed by atoms with E-state index in [4.69, 9.17) is 4.74 Å². The Bertz CT molecular complexity index is 689. The molecule has 0 N–H and O–H groups in total. The highest BCUT2D eigenvalue weighted by Crippen LogP contribution is 2.24. The van der Waals surface area contributed by atoms with E-state index in [1.54, 1.807) is 12.1 Å². The fourth-order valence-electron chi connectivity index (χ4n) is 2.96. The standard InChI is InChI=1S/C23H31FN2OS/c1-2-3-4-5-6-8-22(9-7-18-28)27-23-16-14-21(15-17-23)26-25-20-12-10-19(24)11-13-20/h10-17,22,28H,2-9,18H2,1H3. The van der Waals surface area contributed by atoms with Crippen LogP contribution in [0.5, 0.6) is 5.75 Å². The molecule has 28 heavy (non-hydrogen) atoms. The number of azo groups is 1. The summed E-state index contributed by atoms with van der Waals surface area (Å²) in [5, 5.41) is 8.31. The summed E-state index contributed by atoms with van der Waals surface area (Å²) in [4.78, 5) is 0. The smallest absolute Gasteiger partial charge is 0.123 e. The molecule has 5 heteroatoms. The zero-order chi connectivity index (χ0) is 20.0. The quantitative estimate of drug-likeness (QED) is 0.205. The van der Waals surface area contributed by atoms with Gasteiger partial charge < -0.3 is 4.74 Å². The fraction of sp³-hybridized carbons (Fsp3) is 0.478. The number of benzene rings is 2. The maximum Gasteiger partial charge on any atom is 0.123 e. The lowest BCUT2D eigenvalue weighted by Crippen LogP contribution is -2.16. The number of ether oxygens (including phenoxy) is 1. The van der Waals surface area contributed by atoms with E-state index in [0.29, 0.717) is 5.69 Å². The van der Waals surface area contributed by atoms with Gasteiger partial charge in [0.15, 0.2) is 0 Å². The predicted octanol–water partition coefficient (Wildman–Crippen LogP) is 8.06. The van der Waals surface area contributed by atoms with Crippen molar-refractivity contribution in [2.75, 3.05) is 5.75 Å². The molecule has 2 aromatic rings. The lowest BCUT2D eigenvalue weighted by Gasteiger charge is -2.19. The molecule has 0 radical (unpaired) electrons. The Hall–Kier alpha value is -1.88. The summed E-state index contributed by atoms with van der Waals surface area (Å²) in [5.74, 6) is 1.47. The first-order valence-electron chi connectivity index (χ1n) is 10.3. The Balaban J connectivity index is 1.87. The van der Waals surface area contributed by atoms with E-state index in [9.17, 15) is 4.39 Å². The molecule has 0 spiro atoms. The van der Waals surface area contributed by atoms with Crippen LogP contribution >= 0.6 is 12.6 Å². The molecule has 0 heterocycles. The van der Waals surface area contributed by atoms with Crippen molar-refractivity contribution in [1.29, 1.82) is 0 Å². The number of halogens is 1. The molecule has 0 saturated carbocycles. The molecule has 0 amide bonds. The summed E-state index contributed by atoms with van der Waals surface area (Å²) in [5.41, 5.74) is 1.36. The second-order valence-corrected chi connectivity index (χ2v) is 7.43. The number of nitrogens with zero attached hydrogens (tertiary/aromatic N) is 2. The molecule has 0 aliphatic rings. The van der Waals surface area contributed by atoms with Crippen LogP contribution in [0.4, 0.5) is 15.8 Å². The van der Waals surface area contributed by atoms with Crippen molar-refractivity contribution in [3.8, 4) is 5.75 Å². The second kappa shape index (κ2) is 13.3. The lowest BCUT2D eigenvalue weighted by atomic mass is 10.0. The van der Waals surface area contributed by atoms with Crippen molar-refractivity contribution in [2.45, 2.75) is 64.4 Å². The van der Waals surface area contributed by atoms with Crippen molar-refractivity contribution in [1.82, 2.24) is 0 Å². The van der Waals surface area contributed by atoms with Crippen molar-refractivity contribution >= 4 is 24.0 Å². The van der Waals surface area contributed by atoms with Crippen LogP contribution in [0.3, 0.4) is 0 Å². The van der Waals surface area contributed by atoms with Crippen LogP contribution in [0.1, 0.15) is 58.3 Å². The molecule has 1 unspecified atom stereocenters. The Kier molecular flexibility index (Phi) is 10.7. The maximum absolute atomic E-state index is 12.9. The van der Waals surface area contributed by atoms with Gasteiger partial charge in [0.05, 0.1) is 17.5 Å². The molecule has 0 aliphatic carbocycles. The Labute approximate surface area is 173 Å². The van der Waals surface area contributed by atoms with Gasteiger partial charge in [0.1, 0.15) is 11.6 Å². The largest absolute Gasteiger partial charge is 0.490 e. The first-order chi connectivity index (χ1) is 13.7. The molecule has 0 saturated heterocycles. The van der Waals surface area contributed by atoms with E-state index in [1.165, 1.54) is 44.2 Å². The van der Waals surface area contributed by atoms with Crippen molar-refractivity contribution in [3.63, 3.8) is 0 Å². The fourth-order valence-corrected chi connectivity index (χ4v) is 3.15.